The van der Waals surface area contributed by atoms with E-state index in [0.717, 1.165) is 45.1 Å². The number of nitrogens with zero attached hydrogens (tertiary/aromatic N) is 3. The Kier molecular flexibility index (Phi) is 10.9. The van der Waals surface area contributed by atoms with E-state index in [1.54, 1.807) is 0 Å². The summed E-state index contributed by atoms with van der Waals surface area (Å²) in [5.74, 6) is 1.58. The topological polar surface area (TPSA) is 60.0 Å². The molecular weight excluding hydrogens is 350 g/mol. The van der Waals surface area contributed by atoms with E-state index in [1.807, 2.05) is 30.9 Å². The molecule has 0 aliphatic carbocycles. The maximum atomic E-state index is 12.2. The quantitative estimate of drug-likeness (QED) is 0.323. The lowest BCUT2D eigenvalue weighted by molar-refractivity contribution is -0.133. The van der Waals surface area contributed by atoms with Crippen molar-refractivity contribution in [1.82, 2.24) is 20.4 Å². The molecule has 28 heavy (non-hydrogen) atoms. The Morgan fingerprint density at radius 3 is 2.39 bits per heavy atom. The van der Waals surface area contributed by atoms with Crippen molar-refractivity contribution in [2.45, 2.75) is 53.1 Å². The first-order valence-corrected chi connectivity index (χ1v) is 10.6. The number of aliphatic imine (C=N–C) groups is 1. The molecule has 1 heterocycles. The highest BCUT2D eigenvalue weighted by molar-refractivity contribution is 5.81. The molecular formula is C22H41N5O. The minimum atomic E-state index is 0.0492. The van der Waals surface area contributed by atoms with E-state index in [-0.39, 0.29) is 17.9 Å². The van der Waals surface area contributed by atoms with Crippen LogP contribution in [0.25, 0.3) is 0 Å². The van der Waals surface area contributed by atoms with Gasteiger partial charge in [-0.3, -0.25) is 14.7 Å². The van der Waals surface area contributed by atoms with E-state index in [4.69, 9.17) is 4.99 Å². The first-order valence-electron chi connectivity index (χ1n) is 10.6. The zero-order valence-corrected chi connectivity index (χ0v) is 18.6. The van der Waals surface area contributed by atoms with Crippen LogP contribution in [0.1, 0.15) is 41.0 Å². The number of carbonyl (C=O) groups is 1. The largest absolute Gasteiger partial charge is 0.357 e. The van der Waals surface area contributed by atoms with Crippen molar-refractivity contribution in [3.8, 4) is 0 Å². The van der Waals surface area contributed by atoms with Crippen LogP contribution in [0, 0.1) is 11.8 Å². The summed E-state index contributed by atoms with van der Waals surface area (Å²) < 4.78 is 0. The second kappa shape index (κ2) is 12.6. The predicted molar refractivity (Wildman–Crippen MR) is 120 cm³/mol. The predicted octanol–water partition coefficient (Wildman–Crippen LogP) is 2.50. The molecule has 0 aromatic carbocycles. The third kappa shape index (κ3) is 7.66. The zero-order chi connectivity index (χ0) is 21.1. The van der Waals surface area contributed by atoms with Crippen molar-refractivity contribution in [1.29, 1.82) is 0 Å². The van der Waals surface area contributed by atoms with Crippen LogP contribution in [0.3, 0.4) is 0 Å². The van der Waals surface area contributed by atoms with Gasteiger partial charge in [-0.2, -0.15) is 0 Å². The lowest BCUT2D eigenvalue weighted by Crippen LogP contribution is -2.47. The second-order valence-corrected chi connectivity index (χ2v) is 8.13. The summed E-state index contributed by atoms with van der Waals surface area (Å²) in [6.07, 6.45) is 4.82. The number of hydrogen-bond acceptors (Lipinski definition) is 3. The highest BCUT2D eigenvalue weighted by Crippen LogP contribution is 2.14. The number of amides is 1. The van der Waals surface area contributed by atoms with E-state index in [0.29, 0.717) is 18.5 Å². The number of rotatable bonds is 11. The van der Waals surface area contributed by atoms with E-state index < -0.39 is 0 Å². The molecule has 0 radical (unpaired) electrons. The van der Waals surface area contributed by atoms with Crippen LogP contribution >= 0.6 is 0 Å². The molecule has 2 atom stereocenters. The van der Waals surface area contributed by atoms with Gasteiger partial charge < -0.3 is 15.5 Å². The van der Waals surface area contributed by atoms with Crippen molar-refractivity contribution in [2.24, 2.45) is 16.8 Å². The van der Waals surface area contributed by atoms with Crippen LogP contribution in [0.5, 0.6) is 0 Å². The van der Waals surface area contributed by atoms with Crippen LogP contribution in [-0.2, 0) is 4.79 Å². The molecule has 0 spiro atoms. The molecule has 1 aliphatic rings. The first-order chi connectivity index (χ1) is 13.3. The summed E-state index contributed by atoms with van der Waals surface area (Å²) >= 11 is 0. The van der Waals surface area contributed by atoms with Gasteiger partial charge in [-0.05, 0) is 19.3 Å². The smallest absolute Gasteiger partial charge is 0.225 e. The molecule has 160 valence electrons. The molecule has 1 fully saturated rings. The molecule has 0 aromatic heterocycles. The highest BCUT2D eigenvalue weighted by Gasteiger charge is 2.28. The third-order valence-corrected chi connectivity index (χ3v) is 5.08. The van der Waals surface area contributed by atoms with E-state index in [1.165, 1.54) is 0 Å². The molecule has 1 saturated heterocycles. The minimum Gasteiger partial charge on any atom is -0.357 e. The molecule has 0 saturated carbocycles. The van der Waals surface area contributed by atoms with Gasteiger partial charge in [-0.1, -0.05) is 39.8 Å². The summed E-state index contributed by atoms with van der Waals surface area (Å²) in [4.78, 5) is 21.4. The van der Waals surface area contributed by atoms with Crippen molar-refractivity contribution in [3.05, 3.63) is 25.3 Å². The van der Waals surface area contributed by atoms with Crippen LogP contribution in [0.2, 0.25) is 0 Å². The number of guanidine groups is 1. The first kappa shape index (κ1) is 24.2. The number of nitrogens with one attached hydrogen (secondary N) is 2. The van der Waals surface area contributed by atoms with Gasteiger partial charge in [0.15, 0.2) is 5.96 Å². The van der Waals surface area contributed by atoms with Gasteiger partial charge in [0.25, 0.3) is 0 Å². The minimum absolute atomic E-state index is 0.0492. The SMILES string of the molecule is C=CCN(CC=C)C(CN=C(NCC)NC1CCN(C(=O)C(C)C)C1)C(C)C. The second-order valence-electron chi connectivity index (χ2n) is 8.13. The van der Waals surface area contributed by atoms with Crippen LogP contribution in [-0.4, -0.2) is 73.0 Å². The van der Waals surface area contributed by atoms with Crippen LogP contribution in [0.15, 0.2) is 30.3 Å². The van der Waals surface area contributed by atoms with Gasteiger partial charge in [0.1, 0.15) is 0 Å². The monoisotopic (exact) mass is 391 g/mol. The molecule has 0 bridgehead atoms. The fourth-order valence-electron chi connectivity index (χ4n) is 3.57. The summed E-state index contributed by atoms with van der Waals surface area (Å²) in [5.41, 5.74) is 0. The Labute approximate surface area is 172 Å². The highest BCUT2D eigenvalue weighted by atomic mass is 16.2. The van der Waals surface area contributed by atoms with E-state index in [2.05, 4.69) is 49.5 Å². The Morgan fingerprint density at radius 1 is 1.25 bits per heavy atom. The Morgan fingerprint density at radius 2 is 1.89 bits per heavy atom. The lowest BCUT2D eigenvalue weighted by Gasteiger charge is -2.32. The normalized spacial score (nSPS) is 18.6. The average Bonchev–Trinajstić information content (AvgIpc) is 3.09. The standard InChI is InChI=1S/C22H41N5O/c1-8-12-26(13-9-2)20(17(4)5)15-24-22(23-10-3)25-19-11-14-27(16-19)21(28)18(6)7/h8-9,17-20H,1-2,10-16H2,3-7H3,(H2,23,24,25). The van der Waals surface area contributed by atoms with Gasteiger partial charge in [0.05, 0.1) is 6.54 Å². The molecule has 2 unspecified atom stereocenters. The van der Waals surface area contributed by atoms with E-state index in [9.17, 15) is 4.79 Å². The molecule has 0 aromatic rings. The van der Waals surface area contributed by atoms with Crippen molar-refractivity contribution >= 4 is 11.9 Å². The number of carbonyl (C=O) groups excluding carboxylic acids is 1. The van der Waals surface area contributed by atoms with Crippen molar-refractivity contribution < 1.29 is 4.79 Å². The summed E-state index contributed by atoms with van der Waals surface area (Å²) in [6.45, 7) is 22.9. The van der Waals surface area contributed by atoms with E-state index >= 15 is 0 Å². The molecule has 2 N–H and O–H groups in total. The zero-order valence-electron chi connectivity index (χ0n) is 18.6. The number of hydrogen-bond donors (Lipinski definition) is 2. The summed E-state index contributed by atoms with van der Waals surface area (Å²) in [7, 11) is 0. The van der Waals surface area contributed by atoms with Gasteiger partial charge in [0, 0.05) is 50.7 Å². The average molecular weight is 392 g/mol. The molecule has 6 heteroatoms. The molecule has 1 amide bonds. The van der Waals surface area contributed by atoms with Gasteiger partial charge in [0.2, 0.25) is 5.91 Å². The van der Waals surface area contributed by atoms with Crippen LogP contribution < -0.4 is 10.6 Å². The molecule has 6 nitrogen and oxygen atoms in total. The number of likely N-dealkylation sites (tertiary alicyclic amines) is 1. The summed E-state index contributed by atoms with van der Waals surface area (Å²) in [5, 5.41) is 6.87. The van der Waals surface area contributed by atoms with Gasteiger partial charge >= 0.3 is 0 Å². The Hall–Kier alpha value is -1.82. The van der Waals surface area contributed by atoms with Crippen molar-refractivity contribution in [3.63, 3.8) is 0 Å². The fraction of sp³-hybridized carbons (Fsp3) is 0.727. The third-order valence-electron chi connectivity index (χ3n) is 5.08. The Balaban J connectivity index is 2.77. The van der Waals surface area contributed by atoms with Crippen LogP contribution in [0.4, 0.5) is 0 Å². The molecule has 1 aliphatic heterocycles. The van der Waals surface area contributed by atoms with Gasteiger partial charge in [-0.15, -0.1) is 13.2 Å². The molecule has 1 rings (SSSR count). The maximum Gasteiger partial charge on any atom is 0.225 e. The maximum absolute atomic E-state index is 12.2. The Bertz CT molecular complexity index is 519. The van der Waals surface area contributed by atoms with Gasteiger partial charge in [-0.25, -0.2) is 0 Å². The van der Waals surface area contributed by atoms with Crippen molar-refractivity contribution in [2.75, 3.05) is 39.3 Å². The lowest BCUT2D eigenvalue weighted by atomic mass is 10.0. The fourth-order valence-corrected chi connectivity index (χ4v) is 3.57. The summed E-state index contributed by atoms with van der Waals surface area (Å²) in [6, 6.07) is 0.560.